The van der Waals surface area contributed by atoms with Gasteiger partial charge in [0.2, 0.25) is 0 Å². The van der Waals surface area contributed by atoms with Crippen molar-refractivity contribution in [3.8, 4) is 0 Å². The maximum absolute atomic E-state index is 12.1. The minimum Gasteiger partial charge on any atom is -0.385 e. The second-order valence-corrected chi connectivity index (χ2v) is 4.33. The number of nitrogen functional groups attached to an aromatic ring is 1. The molecule has 0 fully saturated rings. The molecule has 0 saturated carbocycles. The predicted molar refractivity (Wildman–Crippen MR) is 67.8 cm³/mol. The van der Waals surface area contributed by atoms with E-state index in [2.05, 4.69) is 4.98 Å². The Morgan fingerprint density at radius 1 is 1.47 bits per heavy atom. The summed E-state index contributed by atoms with van der Waals surface area (Å²) >= 11 is 0. The Bertz CT molecular complexity index is 400. The number of carbonyl (C=O) groups is 1. The van der Waals surface area contributed by atoms with E-state index in [0.717, 1.165) is 18.4 Å². The van der Waals surface area contributed by atoms with Crippen LogP contribution in [0.25, 0.3) is 0 Å². The van der Waals surface area contributed by atoms with Gasteiger partial charge >= 0.3 is 0 Å². The molecule has 0 radical (unpaired) electrons. The Labute approximate surface area is 102 Å². The number of nitrogens with two attached hydrogens (primary N) is 1. The predicted octanol–water partition coefficient (Wildman–Crippen LogP) is 1.95. The van der Waals surface area contributed by atoms with Crippen molar-refractivity contribution in [2.45, 2.75) is 39.7 Å². The van der Waals surface area contributed by atoms with Crippen molar-refractivity contribution in [3.05, 3.63) is 23.4 Å². The van der Waals surface area contributed by atoms with Crippen LogP contribution >= 0.6 is 0 Å². The van der Waals surface area contributed by atoms with Gasteiger partial charge in [0.25, 0.3) is 0 Å². The van der Waals surface area contributed by atoms with Gasteiger partial charge in [-0.2, -0.15) is 0 Å². The third-order valence-corrected chi connectivity index (χ3v) is 3.08. The number of rotatable bonds is 5. The van der Waals surface area contributed by atoms with Crippen LogP contribution < -0.4 is 5.73 Å². The third kappa shape index (κ3) is 3.03. The van der Waals surface area contributed by atoms with Crippen molar-refractivity contribution in [3.63, 3.8) is 0 Å². The Hall–Kier alpha value is -1.42. The molecule has 0 saturated heterocycles. The summed E-state index contributed by atoms with van der Waals surface area (Å²) in [6.45, 7) is 5.76. The molecule has 1 aromatic rings. The van der Waals surface area contributed by atoms with Crippen molar-refractivity contribution in [1.82, 2.24) is 4.98 Å². The van der Waals surface area contributed by atoms with Gasteiger partial charge in [-0.3, -0.25) is 4.79 Å². The van der Waals surface area contributed by atoms with E-state index < -0.39 is 6.10 Å². The van der Waals surface area contributed by atoms with E-state index in [0.29, 0.717) is 5.56 Å². The maximum atomic E-state index is 12.1. The standard InChI is InChI=1S/C13H20N2O2/c1-4-9(5-2)11(16)12(17)10-6-8(3)7-15-13(10)14/h6-7,9,11,16H,4-5H2,1-3H3,(H2,14,15). The van der Waals surface area contributed by atoms with E-state index in [1.54, 1.807) is 12.3 Å². The molecule has 1 atom stereocenters. The van der Waals surface area contributed by atoms with Gasteiger partial charge in [0.1, 0.15) is 11.9 Å². The summed E-state index contributed by atoms with van der Waals surface area (Å²) < 4.78 is 0. The fourth-order valence-corrected chi connectivity index (χ4v) is 1.89. The Morgan fingerprint density at radius 3 is 2.59 bits per heavy atom. The maximum Gasteiger partial charge on any atom is 0.195 e. The van der Waals surface area contributed by atoms with Crippen LogP contribution in [0.3, 0.4) is 0 Å². The largest absolute Gasteiger partial charge is 0.385 e. The van der Waals surface area contributed by atoms with Crippen LogP contribution in [0, 0.1) is 12.8 Å². The topological polar surface area (TPSA) is 76.2 Å². The first-order valence-electron chi connectivity index (χ1n) is 5.95. The molecule has 1 heterocycles. The van der Waals surface area contributed by atoms with Crippen molar-refractivity contribution < 1.29 is 9.90 Å². The molecule has 0 aromatic carbocycles. The molecule has 1 rings (SSSR count). The Balaban J connectivity index is 2.99. The zero-order valence-electron chi connectivity index (χ0n) is 10.6. The van der Waals surface area contributed by atoms with Crippen molar-refractivity contribution in [2.24, 2.45) is 5.92 Å². The van der Waals surface area contributed by atoms with Gasteiger partial charge in [-0.1, -0.05) is 26.7 Å². The smallest absolute Gasteiger partial charge is 0.195 e. The van der Waals surface area contributed by atoms with Gasteiger partial charge in [-0.05, 0) is 24.5 Å². The molecule has 0 spiro atoms. The number of Topliss-reactive ketones (excluding diaryl/α,β-unsaturated/α-hetero) is 1. The molecule has 1 aromatic heterocycles. The average Bonchev–Trinajstić information content (AvgIpc) is 2.32. The normalized spacial score (nSPS) is 12.8. The highest BCUT2D eigenvalue weighted by molar-refractivity contribution is 6.03. The summed E-state index contributed by atoms with van der Waals surface area (Å²) in [4.78, 5) is 16.0. The summed E-state index contributed by atoms with van der Waals surface area (Å²) in [5.74, 6) is -0.166. The molecular formula is C13H20N2O2. The quantitative estimate of drug-likeness (QED) is 0.766. The number of ketones is 1. The first-order chi connectivity index (χ1) is 8.01. The van der Waals surface area contributed by atoms with Gasteiger partial charge in [0.05, 0.1) is 5.56 Å². The molecule has 17 heavy (non-hydrogen) atoms. The lowest BCUT2D eigenvalue weighted by atomic mass is 9.91. The highest BCUT2D eigenvalue weighted by atomic mass is 16.3. The minimum atomic E-state index is -0.990. The second-order valence-electron chi connectivity index (χ2n) is 4.33. The highest BCUT2D eigenvalue weighted by Crippen LogP contribution is 2.20. The van der Waals surface area contributed by atoms with E-state index in [-0.39, 0.29) is 17.5 Å². The van der Waals surface area contributed by atoms with Crippen LogP contribution in [0.15, 0.2) is 12.3 Å². The first-order valence-corrected chi connectivity index (χ1v) is 5.95. The molecule has 0 amide bonds. The van der Waals surface area contributed by atoms with E-state index in [9.17, 15) is 9.90 Å². The molecule has 0 aliphatic rings. The van der Waals surface area contributed by atoms with Gasteiger partial charge in [-0.25, -0.2) is 4.98 Å². The van der Waals surface area contributed by atoms with Crippen LogP contribution in [-0.4, -0.2) is 22.0 Å². The number of aliphatic hydroxyl groups is 1. The van der Waals surface area contributed by atoms with E-state index >= 15 is 0 Å². The lowest BCUT2D eigenvalue weighted by Crippen LogP contribution is -2.29. The molecule has 4 nitrogen and oxygen atoms in total. The summed E-state index contributed by atoms with van der Waals surface area (Å²) in [7, 11) is 0. The van der Waals surface area contributed by atoms with Crippen LogP contribution in [0.2, 0.25) is 0 Å². The summed E-state index contributed by atoms with van der Waals surface area (Å²) in [6.07, 6.45) is 2.15. The zero-order chi connectivity index (χ0) is 13.0. The average molecular weight is 236 g/mol. The fraction of sp³-hybridized carbons (Fsp3) is 0.538. The SMILES string of the molecule is CCC(CC)C(O)C(=O)c1cc(C)cnc1N. The molecule has 0 aliphatic carbocycles. The zero-order valence-corrected chi connectivity index (χ0v) is 10.6. The van der Waals surface area contributed by atoms with Crippen LogP contribution in [0.5, 0.6) is 0 Å². The molecule has 4 heteroatoms. The van der Waals surface area contributed by atoms with Crippen LogP contribution in [0.4, 0.5) is 5.82 Å². The number of aliphatic hydroxyl groups excluding tert-OH is 1. The van der Waals surface area contributed by atoms with Crippen LogP contribution in [0.1, 0.15) is 42.6 Å². The van der Waals surface area contributed by atoms with Crippen molar-refractivity contribution in [1.29, 1.82) is 0 Å². The lowest BCUT2D eigenvalue weighted by molar-refractivity contribution is 0.0588. The molecule has 1 unspecified atom stereocenters. The minimum absolute atomic E-state index is 0.0255. The number of hydrogen-bond acceptors (Lipinski definition) is 4. The molecular weight excluding hydrogens is 216 g/mol. The van der Waals surface area contributed by atoms with Crippen molar-refractivity contribution >= 4 is 11.6 Å². The Kier molecular flexibility index (Phi) is 4.63. The summed E-state index contributed by atoms with van der Waals surface area (Å²) in [5.41, 5.74) is 6.85. The van der Waals surface area contributed by atoms with Crippen LogP contribution in [-0.2, 0) is 0 Å². The van der Waals surface area contributed by atoms with Crippen molar-refractivity contribution in [2.75, 3.05) is 5.73 Å². The van der Waals surface area contributed by atoms with E-state index in [1.165, 1.54) is 0 Å². The molecule has 0 aliphatic heterocycles. The number of nitrogens with zero attached hydrogens (tertiary/aromatic N) is 1. The lowest BCUT2D eigenvalue weighted by Gasteiger charge is -2.19. The first kappa shape index (κ1) is 13.6. The number of carbonyl (C=O) groups excluding carboxylic acids is 1. The van der Waals surface area contributed by atoms with Gasteiger partial charge in [0.15, 0.2) is 5.78 Å². The number of aryl methyl sites for hydroxylation is 1. The van der Waals surface area contributed by atoms with Gasteiger partial charge < -0.3 is 10.8 Å². The molecule has 94 valence electrons. The molecule has 3 N–H and O–H groups in total. The number of aromatic nitrogens is 1. The second kappa shape index (κ2) is 5.77. The summed E-state index contributed by atoms with van der Waals surface area (Å²) in [5, 5.41) is 10.0. The highest BCUT2D eigenvalue weighted by Gasteiger charge is 2.26. The van der Waals surface area contributed by atoms with E-state index in [1.807, 2.05) is 20.8 Å². The number of anilines is 1. The summed E-state index contributed by atoms with van der Waals surface area (Å²) in [6, 6.07) is 1.68. The van der Waals surface area contributed by atoms with Gasteiger partial charge in [0, 0.05) is 6.20 Å². The molecule has 0 bridgehead atoms. The van der Waals surface area contributed by atoms with Gasteiger partial charge in [-0.15, -0.1) is 0 Å². The number of pyridine rings is 1. The monoisotopic (exact) mass is 236 g/mol. The third-order valence-electron chi connectivity index (χ3n) is 3.08. The Morgan fingerprint density at radius 2 is 2.06 bits per heavy atom. The van der Waals surface area contributed by atoms with E-state index in [4.69, 9.17) is 5.73 Å². The fourth-order valence-electron chi connectivity index (χ4n) is 1.89. The number of hydrogen-bond donors (Lipinski definition) is 2.